The van der Waals surface area contributed by atoms with Crippen molar-refractivity contribution in [2.75, 3.05) is 0 Å². The lowest BCUT2D eigenvalue weighted by molar-refractivity contribution is -0.137. The maximum atomic E-state index is 13.6. The first-order valence-corrected chi connectivity index (χ1v) is 8.17. The van der Waals surface area contributed by atoms with E-state index in [0.717, 1.165) is 12.1 Å². The number of ether oxygens (including phenoxy) is 1. The van der Waals surface area contributed by atoms with Gasteiger partial charge in [-0.3, -0.25) is 0 Å². The topological polar surface area (TPSA) is 35.2 Å². The van der Waals surface area contributed by atoms with Gasteiger partial charge in [-0.1, -0.05) is 45.9 Å². The predicted octanol–water partition coefficient (Wildman–Crippen LogP) is 5.93. The van der Waals surface area contributed by atoms with E-state index in [0.29, 0.717) is 11.1 Å². The number of nitrogens with two attached hydrogens (primary N) is 1. The van der Waals surface area contributed by atoms with Crippen LogP contribution in [0.2, 0.25) is 0 Å². The van der Waals surface area contributed by atoms with Crippen LogP contribution in [0.25, 0.3) is 0 Å². The van der Waals surface area contributed by atoms with Crippen molar-refractivity contribution in [1.82, 2.24) is 0 Å². The zero-order valence-electron chi connectivity index (χ0n) is 15.0. The van der Waals surface area contributed by atoms with Crippen molar-refractivity contribution in [1.29, 1.82) is 0 Å². The van der Waals surface area contributed by atoms with Crippen molar-refractivity contribution in [3.63, 3.8) is 0 Å². The Morgan fingerprint density at radius 1 is 0.880 bits per heavy atom. The monoisotopic (exact) mass is 359 g/mol. The number of benzene rings is 2. The van der Waals surface area contributed by atoms with E-state index in [4.69, 9.17) is 10.5 Å². The summed E-state index contributed by atoms with van der Waals surface area (Å²) in [6.07, 6.45) is -4.37. The van der Waals surface area contributed by atoms with Gasteiger partial charge in [-0.15, -0.1) is 0 Å². The van der Waals surface area contributed by atoms with Crippen LogP contribution >= 0.6 is 0 Å². The van der Waals surface area contributed by atoms with E-state index in [1.54, 1.807) is 6.07 Å². The summed E-state index contributed by atoms with van der Waals surface area (Å²) in [5.74, 6) is -0.517. The fraction of sp³-hybridized carbons (Fsp3) is 0.368. The van der Waals surface area contributed by atoms with Crippen LogP contribution < -0.4 is 10.5 Å². The average molecular weight is 359 g/mol. The molecule has 2 nitrogen and oxygen atoms in total. The lowest BCUT2D eigenvalue weighted by atomic mass is 10.1. The summed E-state index contributed by atoms with van der Waals surface area (Å²) in [5, 5.41) is 0. The summed E-state index contributed by atoms with van der Waals surface area (Å²) < 4.78 is 56.1. The Kier molecular flexibility index (Phi) is 10.5. The average Bonchev–Trinajstić information content (AvgIpc) is 2.63. The minimum atomic E-state index is -4.37. The maximum Gasteiger partial charge on any atom is 0.416 e. The molecule has 0 radical (unpaired) electrons. The minimum Gasteiger partial charge on any atom is -0.486 e. The quantitative estimate of drug-likeness (QED) is 0.686. The van der Waals surface area contributed by atoms with Crippen molar-refractivity contribution < 1.29 is 22.3 Å². The van der Waals surface area contributed by atoms with Crippen LogP contribution in [-0.2, 0) is 19.3 Å². The van der Waals surface area contributed by atoms with Gasteiger partial charge >= 0.3 is 6.18 Å². The largest absolute Gasteiger partial charge is 0.486 e. The minimum absolute atomic E-state index is 0.0168. The maximum absolute atomic E-state index is 13.6. The Morgan fingerprint density at radius 2 is 1.40 bits per heavy atom. The molecule has 6 heteroatoms. The van der Waals surface area contributed by atoms with Crippen LogP contribution in [-0.4, -0.2) is 0 Å². The first-order chi connectivity index (χ1) is 11.9. The van der Waals surface area contributed by atoms with Crippen molar-refractivity contribution in [2.45, 2.75) is 47.0 Å². The number of alkyl halides is 3. The molecule has 0 saturated carbocycles. The van der Waals surface area contributed by atoms with Crippen molar-refractivity contribution >= 4 is 0 Å². The van der Waals surface area contributed by atoms with Crippen LogP contribution in [0, 0.1) is 5.82 Å². The third kappa shape index (κ3) is 7.56. The molecule has 0 aliphatic rings. The molecule has 0 fully saturated rings. The van der Waals surface area contributed by atoms with Crippen LogP contribution in [0.1, 0.15) is 44.4 Å². The van der Waals surface area contributed by atoms with Crippen LogP contribution in [0.5, 0.6) is 5.75 Å². The number of hydrogen-bond acceptors (Lipinski definition) is 2. The summed E-state index contributed by atoms with van der Waals surface area (Å²) in [5.41, 5.74) is 5.80. The third-order valence-corrected chi connectivity index (χ3v) is 2.91. The van der Waals surface area contributed by atoms with Gasteiger partial charge in [-0.25, -0.2) is 4.39 Å². The molecule has 0 aromatic heterocycles. The molecule has 0 heterocycles. The smallest absolute Gasteiger partial charge is 0.416 e. The summed E-state index contributed by atoms with van der Waals surface area (Å²) >= 11 is 0. The molecule has 0 amide bonds. The molecule has 0 unspecified atom stereocenters. The van der Waals surface area contributed by atoms with Gasteiger partial charge < -0.3 is 10.5 Å². The molecule has 2 aromatic rings. The predicted molar refractivity (Wildman–Crippen MR) is 92.8 cm³/mol. The zero-order chi connectivity index (χ0) is 19.5. The summed E-state index contributed by atoms with van der Waals surface area (Å²) in [4.78, 5) is 0. The van der Waals surface area contributed by atoms with E-state index < -0.39 is 17.6 Å². The molecule has 0 aliphatic carbocycles. The van der Waals surface area contributed by atoms with Crippen LogP contribution in [0.4, 0.5) is 17.6 Å². The SMILES string of the molecule is CC.CC.NCc1ccc(OCc2ccc(C(F)(F)F)cc2)c(F)c1. The van der Waals surface area contributed by atoms with Gasteiger partial charge in [0.15, 0.2) is 11.6 Å². The van der Waals surface area contributed by atoms with E-state index in [9.17, 15) is 17.6 Å². The molecular formula is C19H25F4NO. The number of rotatable bonds is 4. The fourth-order valence-electron chi connectivity index (χ4n) is 1.74. The van der Waals surface area contributed by atoms with Gasteiger partial charge in [0.05, 0.1) is 5.56 Å². The lowest BCUT2D eigenvalue weighted by Crippen LogP contribution is -2.05. The van der Waals surface area contributed by atoms with Gasteiger partial charge in [-0.2, -0.15) is 13.2 Å². The highest BCUT2D eigenvalue weighted by atomic mass is 19.4. The summed E-state index contributed by atoms with van der Waals surface area (Å²) in [7, 11) is 0. The molecule has 0 spiro atoms. The van der Waals surface area contributed by atoms with E-state index in [1.165, 1.54) is 24.3 Å². The zero-order valence-corrected chi connectivity index (χ0v) is 15.0. The Hall–Kier alpha value is -2.08. The molecule has 0 saturated heterocycles. The van der Waals surface area contributed by atoms with E-state index in [1.807, 2.05) is 27.7 Å². The standard InChI is InChI=1S/C15H13F4NO.2C2H6/c16-13-7-11(8-20)3-6-14(13)21-9-10-1-4-12(5-2-10)15(17,18)19;2*1-2/h1-7H,8-9,20H2;2*1-2H3. The van der Waals surface area contributed by atoms with Gasteiger partial charge in [0.25, 0.3) is 0 Å². The number of halogens is 4. The molecule has 0 bridgehead atoms. The van der Waals surface area contributed by atoms with Gasteiger partial charge in [0.1, 0.15) is 6.61 Å². The molecule has 0 atom stereocenters. The van der Waals surface area contributed by atoms with Crippen molar-refractivity contribution in [3.8, 4) is 5.75 Å². The van der Waals surface area contributed by atoms with Crippen molar-refractivity contribution in [3.05, 3.63) is 65.0 Å². The molecule has 2 aromatic carbocycles. The molecular weight excluding hydrogens is 334 g/mol. The first-order valence-electron chi connectivity index (χ1n) is 8.17. The highest BCUT2D eigenvalue weighted by Gasteiger charge is 2.29. The van der Waals surface area contributed by atoms with Crippen LogP contribution in [0.3, 0.4) is 0 Å². The summed E-state index contributed by atoms with van der Waals surface area (Å²) in [6, 6.07) is 8.87. The highest BCUT2D eigenvalue weighted by Crippen LogP contribution is 2.29. The molecule has 2 rings (SSSR count). The third-order valence-electron chi connectivity index (χ3n) is 2.91. The second-order valence-electron chi connectivity index (χ2n) is 4.45. The van der Waals surface area contributed by atoms with Gasteiger partial charge in [0.2, 0.25) is 0 Å². The lowest BCUT2D eigenvalue weighted by Gasteiger charge is -2.10. The van der Waals surface area contributed by atoms with Crippen molar-refractivity contribution in [2.24, 2.45) is 5.73 Å². The molecule has 0 aliphatic heterocycles. The Balaban J connectivity index is 0.00000134. The summed E-state index contributed by atoms with van der Waals surface area (Å²) in [6.45, 7) is 8.20. The molecule has 140 valence electrons. The molecule has 2 N–H and O–H groups in total. The van der Waals surface area contributed by atoms with Crippen LogP contribution in [0.15, 0.2) is 42.5 Å². The van der Waals surface area contributed by atoms with Gasteiger partial charge in [0, 0.05) is 6.54 Å². The van der Waals surface area contributed by atoms with E-state index >= 15 is 0 Å². The second-order valence-corrected chi connectivity index (χ2v) is 4.45. The van der Waals surface area contributed by atoms with Gasteiger partial charge in [-0.05, 0) is 35.4 Å². The Labute approximate surface area is 146 Å². The Morgan fingerprint density at radius 3 is 1.84 bits per heavy atom. The fourth-order valence-corrected chi connectivity index (χ4v) is 1.74. The highest BCUT2D eigenvalue weighted by molar-refractivity contribution is 5.30. The van der Waals surface area contributed by atoms with E-state index in [2.05, 4.69) is 0 Å². The number of hydrogen-bond donors (Lipinski definition) is 1. The molecule has 25 heavy (non-hydrogen) atoms. The Bertz CT molecular complexity index is 610. The van der Waals surface area contributed by atoms with E-state index in [-0.39, 0.29) is 18.9 Å². The normalized spacial score (nSPS) is 10.1. The first kappa shape index (κ1) is 22.9. The second kappa shape index (κ2) is 11.5.